The average molecular weight is 304 g/mol. The fourth-order valence-electron chi connectivity index (χ4n) is 1.65. The average Bonchev–Trinajstić information content (AvgIpc) is 2.41. The molecule has 2 nitrogen and oxygen atoms in total. The van der Waals surface area contributed by atoms with Crippen LogP contribution in [0.3, 0.4) is 0 Å². The maximum Gasteiger partial charge on any atom is 0.255 e. The summed E-state index contributed by atoms with van der Waals surface area (Å²) in [4.78, 5) is 12.0. The number of carbonyl (C=O) groups is 1. The van der Waals surface area contributed by atoms with Gasteiger partial charge in [0.1, 0.15) is 0 Å². The van der Waals surface area contributed by atoms with Crippen molar-refractivity contribution in [1.82, 2.24) is 0 Å². The minimum atomic E-state index is -0.0930. The van der Waals surface area contributed by atoms with E-state index in [0.717, 1.165) is 16.6 Å². The predicted molar refractivity (Wildman–Crippen MR) is 77.9 cm³/mol. The first-order valence-corrected chi connectivity index (χ1v) is 6.65. The summed E-state index contributed by atoms with van der Waals surface area (Å²) in [6, 6.07) is 15.2. The first kappa shape index (κ1) is 12.8. The molecule has 0 fully saturated rings. The van der Waals surface area contributed by atoms with Gasteiger partial charge >= 0.3 is 0 Å². The van der Waals surface area contributed by atoms with E-state index in [2.05, 4.69) is 28.2 Å². The second-order valence-corrected chi connectivity index (χ2v) is 4.84. The predicted octanol–water partition coefficient (Wildman–Crippen LogP) is 4.26. The summed E-state index contributed by atoms with van der Waals surface area (Å²) in [6.07, 6.45) is 0.978. The number of carbonyl (C=O) groups excluding carboxylic acids is 1. The third-order valence-corrected chi connectivity index (χ3v) is 3.44. The SMILES string of the molecule is CCc1ccc(C(=O)Nc2ccccc2Br)cc1. The fourth-order valence-corrected chi connectivity index (χ4v) is 2.03. The maximum absolute atomic E-state index is 12.0. The summed E-state index contributed by atoms with van der Waals surface area (Å²) in [5, 5.41) is 2.88. The summed E-state index contributed by atoms with van der Waals surface area (Å²) >= 11 is 3.41. The molecule has 0 unspecified atom stereocenters. The minimum absolute atomic E-state index is 0.0930. The quantitative estimate of drug-likeness (QED) is 0.901. The lowest BCUT2D eigenvalue weighted by Gasteiger charge is -2.07. The molecule has 92 valence electrons. The molecule has 0 aliphatic heterocycles. The highest BCUT2D eigenvalue weighted by molar-refractivity contribution is 9.10. The number of hydrogen-bond acceptors (Lipinski definition) is 1. The van der Waals surface area contributed by atoms with Crippen LogP contribution in [0.4, 0.5) is 5.69 Å². The van der Waals surface area contributed by atoms with Gasteiger partial charge in [0, 0.05) is 10.0 Å². The minimum Gasteiger partial charge on any atom is -0.321 e. The largest absolute Gasteiger partial charge is 0.321 e. The number of nitrogens with one attached hydrogen (secondary N) is 1. The van der Waals surface area contributed by atoms with Gasteiger partial charge in [-0.05, 0) is 52.2 Å². The molecule has 2 aromatic rings. The fraction of sp³-hybridized carbons (Fsp3) is 0.133. The number of benzene rings is 2. The second kappa shape index (κ2) is 5.83. The van der Waals surface area contributed by atoms with Crippen LogP contribution in [0, 0.1) is 0 Å². The summed E-state index contributed by atoms with van der Waals surface area (Å²) in [5.74, 6) is -0.0930. The highest BCUT2D eigenvalue weighted by Gasteiger charge is 2.07. The summed E-state index contributed by atoms with van der Waals surface area (Å²) in [6.45, 7) is 2.09. The van der Waals surface area contributed by atoms with Crippen LogP contribution < -0.4 is 5.32 Å². The zero-order valence-electron chi connectivity index (χ0n) is 10.1. The molecular weight excluding hydrogens is 290 g/mol. The number of para-hydroxylation sites is 1. The van der Waals surface area contributed by atoms with Crippen LogP contribution >= 0.6 is 15.9 Å². The molecule has 1 N–H and O–H groups in total. The first-order chi connectivity index (χ1) is 8.70. The Bertz CT molecular complexity index is 549. The Hall–Kier alpha value is -1.61. The van der Waals surface area contributed by atoms with Crippen molar-refractivity contribution in [1.29, 1.82) is 0 Å². The van der Waals surface area contributed by atoms with Crippen LogP contribution in [0.1, 0.15) is 22.8 Å². The topological polar surface area (TPSA) is 29.1 Å². The number of anilines is 1. The molecule has 0 aromatic heterocycles. The van der Waals surface area contributed by atoms with Crippen molar-refractivity contribution >= 4 is 27.5 Å². The van der Waals surface area contributed by atoms with E-state index < -0.39 is 0 Å². The first-order valence-electron chi connectivity index (χ1n) is 5.85. The lowest BCUT2D eigenvalue weighted by atomic mass is 10.1. The van der Waals surface area contributed by atoms with Gasteiger partial charge in [-0.1, -0.05) is 31.2 Å². The molecular formula is C15H14BrNO. The normalized spacial score (nSPS) is 10.1. The van der Waals surface area contributed by atoms with Gasteiger partial charge in [-0.3, -0.25) is 4.79 Å². The van der Waals surface area contributed by atoms with Crippen molar-refractivity contribution in [2.24, 2.45) is 0 Å². The zero-order chi connectivity index (χ0) is 13.0. The molecule has 18 heavy (non-hydrogen) atoms. The summed E-state index contributed by atoms with van der Waals surface area (Å²) < 4.78 is 0.878. The molecule has 2 rings (SSSR count). The summed E-state index contributed by atoms with van der Waals surface area (Å²) in [5.41, 5.74) is 2.68. The molecule has 0 aliphatic rings. The maximum atomic E-state index is 12.0. The van der Waals surface area contributed by atoms with Gasteiger partial charge in [-0.25, -0.2) is 0 Å². The second-order valence-electron chi connectivity index (χ2n) is 3.98. The van der Waals surface area contributed by atoms with Gasteiger partial charge in [-0.2, -0.15) is 0 Å². The molecule has 0 bridgehead atoms. The lowest BCUT2D eigenvalue weighted by Crippen LogP contribution is -2.12. The van der Waals surface area contributed by atoms with E-state index in [1.165, 1.54) is 5.56 Å². The van der Waals surface area contributed by atoms with Gasteiger partial charge in [0.05, 0.1) is 5.69 Å². The Morgan fingerprint density at radius 3 is 2.39 bits per heavy atom. The lowest BCUT2D eigenvalue weighted by molar-refractivity contribution is 0.102. The van der Waals surface area contributed by atoms with E-state index in [1.807, 2.05) is 48.5 Å². The van der Waals surface area contributed by atoms with Gasteiger partial charge in [0.25, 0.3) is 5.91 Å². The molecule has 3 heteroatoms. The smallest absolute Gasteiger partial charge is 0.255 e. The molecule has 0 aliphatic carbocycles. The molecule has 0 saturated heterocycles. The van der Waals surface area contributed by atoms with Crippen LogP contribution in [0.2, 0.25) is 0 Å². The van der Waals surface area contributed by atoms with E-state index in [0.29, 0.717) is 5.56 Å². The van der Waals surface area contributed by atoms with E-state index >= 15 is 0 Å². The van der Waals surface area contributed by atoms with Crippen molar-refractivity contribution in [3.63, 3.8) is 0 Å². The molecule has 0 heterocycles. The van der Waals surface area contributed by atoms with Crippen LogP contribution in [-0.2, 0) is 6.42 Å². The van der Waals surface area contributed by atoms with Crippen LogP contribution in [-0.4, -0.2) is 5.91 Å². The van der Waals surface area contributed by atoms with Crippen molar-refractivity contribution in [2.45, 2.75) is 13.3 Å². The molecule has 0 saturated carbocycles. The van der Waals surface area contributed by atoms with Gasteiger partial charge in [0.2, 0.25) is 0 Å². The Labute approximate surface area is 115 Å². The monoisotopic (exact) mass is 303 g/mol. The number of rotatable bonds is 3. The Morgan fingerprint density at radius 2 is 1.78 bits per heavy atom. The highest BCUT2D eigenvalue weighted by Crippen LogP contribution is 2.21. The molecule has 0 spiro atoms. The Kier molecular flexibility index (Phi) is 4.15. The van der Waals surface area contributed by atoms with Crippen LogP contribution in [0.5, 0.6) is 0 Å². The van der Waals surface area contributed by atoms with Crippen molar-refractivity contribution in [3.8, 4) is 0 Å². The van der Waals surface area contributed by atoms with E-state index in [-0.39, 0.29) is 5.91 Å². The van der Waals surface area contributed by atoms with Crippen LogP contribution in [0.25, 0.3) is 0 Å². The molecule has 1 amide bonds. The number of halogens is 1. The number of amides is 1. The van der Waals surface area contributed by atoms with Crippen molar-refractivity contribution < 1.29 is 4.79 Å². The van der Waals surface area contributed by atoms with Crippen molar-refractivity contribution in [3.05, 3.63) is 64.1 Å². The van der Waals surface area contributed by atoms with E-state index in [1.54, 1.807) is 0 Å². The summed E-state index contributed by atoms with van der Waals surface area (Å²) in [7, 11) is 0. The number of aryl methyl sites for hydroxylation is 1. The van der Waals surface area contributed by atoms with Gasteiger partial charge in [0.15, 0.2) is 0 Å². The zero-order valence-corrected chi connectivity index (χ0v) is 11.7. The highest BCUT2D eigenvalue weighted by atomic mass is 79.9. The van der Waals surface area contributed by atoms with Gasteiger partial charge in [-0.15, -0.1) is 0 Å². The standard InChI is InChI=1S/C15H14BrNO/c1-2-11-7-9-12(10-8-11)15(18)17-14-6-4-3-5-13(14)16/h3-10H,2H2,1H3,(H,17,18). The molecule has 0 atom stereocenters. The third-order valence-electron chi connectivity index (χ3n) is 2.75. The van der Waals surface area contributed by atoms with Crippen LogP contribution in [0.15, 0.2) is 53.0 Å². The molecule has 0 radical (unpaired) electrons. The third kappa shape index (κ3) is 2.99. The number of hydrogen-bond donors (Lipinski definition) is 1. The van der Waals surface area contributed by atoms with Gasteiger partial charge < -0.3 is 5.32 Å². The van der Waals surface area contributed by atoms with E-state index in [4.69, 9.17) is 0 Å². The molecule has 2 aromatic carbocycles. The Morgan fingerprint density at radius 1 is 1.11 bits per heavy atom. The Balaban J connectivity index is 2.14. The van der Waals surface area contributed by atoms with E-state index in [9.17, 15) is 4.79 Å². The van der Waals surface area contributed by atoms with Crippen molar-refractivity contribution in [2.75, 3.05) is 5.32 Å².